The number of nitrogens with zero attached hydrogens (tertiary/aromatic N) is 1. The van der Waals surface area contributed by atoms with Gasteiger partial charge in [0.1, 0.15) is 5.02 Å². The topological polar surface area (TPSA) is 57.8 Å². The van der Waals surface area contributed by atoms with Gasteiger partial charge in [-0.15, -0.1) is 0 Å². The van der Waals surface area contributed by atoms with E-state index in [1.807, 2.05) is 0 Å². The third-order valence-corrected chi connectivity index (χ3v) is 3.26. The normalized spacial score (nSPS) is 22.5. The van der Waals surface area contributed by atoms with Crippen LogP contribution in [0.5, 0.6) is 0 Å². The fourth-order valence-corrected chi connectivity index (χ4v) is 1.71. The summed E-state index contributed by atoms with van der Waals surface area (Å²) in [6.07, 6.45) is 2.58. The molecule has 1 aliphatic carbocycles. The number of hydrogen-bond donors (Lipinski definition) is 2. The predicted molar refractivity (Wildman–Crippen MR) is 60.2 cm³/mol. The Balaban J connectivity index is 1.95. The predicted octanol–water partition coefficient (Wildman–Crippen LogP) is 1.88. The lowest BCUT2D eigenvalue weighted by Crippen LogP contribution is -2.15. The molecule has 0 saturated heterocycles. The molecule has 1 fully saturated rings. The van der Waals surface area contributed by atoms with Crippen molar-refractivity contribution in [1.29, 1.82) is 0 Å². The lowest BCUT2D eigenvalue weighted by molar-refractivity contribution is 0.572. The minimum absolute atomic E-state index is 0.118. The van der Waals surface area contributed by atoms with Crippen LogP contribution in [0.4, 0.5) is 5.95 Å². The maximum absolute atomic E-state index is 11.2. The number of anilines is 1. The van der Waals surface area contributed by atoms with E-state index in [2.05, 4.69) is 29.1 Å². The van der Waals surface area contributed by atoms with Crippen LogP contribution in [0.1, 0.15) is 20.3 Å². The van der Waals surface area contributed by atoms with E-state index in [0.717, 1.165) is 6.54 Å². The Morgan fingerprint density at radius 3 is 2.93 bits per heavy atom. The summed E-state index contributed by atoms with van der Waals surface area (Å²) in [6.45, 7) is 5.31. The number of H-pyrrole nitrogens is 1. The smallest absolute Gasteiger partial charge is 0.271 e. The molecular formula is C10H14ClN3O. The molecule has 0 spiro atoms. The highest BCUT2D eigenvalue weighted by molar-refractivity contribution is 6.30. The van der Waals surface area contributed by atoms with Gasteiger partial charge >= 0.3 is 0 Å². The molecule has 0 aromatic carbocycles. The quantitative estimate of drug-likeness (QED) is 0.829. The van der Waals surface area contributed by atoms with E-state index in [9.17, 15) is 4.79 Å². The number of aromatic nitrogens is 2. The first-order valence-corrected chi connectivity index (χ1v) is 5.35. The van der Waals surface area contributed by atoms with Crippen molar-refractivity contribution in [3.63, 3.8) is 0 Å². The van der Waals surface area contributed by atoms with E-state index in [4.69, 9.17) is 11.6 Å². The number of halogens is 1. The van der Waals surface area contributed by atoms with Crippen LogP contribution in [0.25, 0.3) is 0 Å². The van der Waals surface area contributed by atoms with Crippen molar-refractivity contribution in [2.24, 2.45) is 11.3 Å². The number of nitrogens with one attached hydrogen (secondary N) is 2. The van der Waals surface area contributed by atoms with Gasteiger partial charge < -0.3 is 5.32 Å². The molecule has 1 aromatic rings. The lowest BCUT2D eigenvalue weighted by atomic mass is 10.1. The van der Waals surface area contributed by atoms with E-state index in [-0.39, 0.29) is 10.6 Å². The fourth-order valence-electron chi connectivity index (χ4n) is 1.61. The first-order chi connectivity index (χ1) is 6.99. The molecule has 1 atom stereocenters. The standard InChI is InChI=1S/C10H14ClN3O/c1-10(2)3-6(10)4-12-9-13-5-7(11)8(15)14-9/h5-6H,3-4H2,1-2H3,(H2,12,13,14,15). The highest BCUT2D eigenvalue weighted by Gasteiger charge is 2.45. The monoisotopic (exact) mass is 227 g/mol. The van der Waals surface area contributed by atoms with Crippen LogP contribution in [0, 0.1) is 11.3 Å². The molecule has 1 aromatic heterocycles. The molecular weight excluding hydrogens is 214 g/mol. The summed E-state index contributed by atoms with van der Waals surface area (Å²) in [6, 6.07) is 0. The number of aromatic amines is 1. The molecule has 0 radical (unpaired) electrons. The Bertz CT molecular complexity index is 427. The molecule has 5 heteroatoms. The van der Waals surface area contributed by atoms with Crippen molar-refractivity contribution in [2.45, 2.75) is 20.3 Å². The van der Waals surface area contributed by atoms with Gasteiger partial charge in [-0.3, -0.25) is 9.78 Å². The molecule has 1 heterocycles. The van der Waals surface area contributed by atoms with Crippen LogP contribution in [-0.4, -0.2) is 16.5 Å². The zero-order valence-corrected chi connectivity index (χ0v) is 9.56. The maximum Gasteiger partial charge on any atom is 0.271 e. The minimum Gasteiger partial charge on any atom is -0.355 e. The van der Waals surface area contributed by atoms with E-state index < -0.39 is 0 Å². The van der Waals surface area contributed by atoms with Gasteiger partial charge in [-0.05, 0) is 17.8 Å². The summed E-state index contributed by atoms with van der Waals surface area (Å²) in [5.41, 5.74) is 0.129. The van der Waals surface area contributed by atoms with Crippen molar-refractivity contribution in [2.75, 3.05) is 11.9 Å². The maximum atomic E-state index is 11.2. The Labute approximate surface area is 93.1 Å². The zero-order chi connectivity index (χ0) is 11.1. The van der Waals surface area contributed by atoms with E-state index in [1.54, 1.807) is 0 Å². The van der Waals surface area contributed by atoms with Crippen molar-refractivity contribution in [3.05, 3.63) is 21.6 Å². The average molecular weight is 228 g/mol. The lowest BCUT2D eigenvalue weighted by Gasteiger charge is -2.06. The summed E-state index contributed by atoms with van der Waals surface area (Å²) in [7, 11) is 0. The largest absolute Gasteiger partial charge is 0.355 e. The minimum atomic E-state index is -0.302. The second-order valence-electron chi connectivity index (χ2n) is 4.68. The van der Waals surface area contributed by atoms with Gasteiger partial charge in [0.25, 0.3) is 5.56 Å². The first kappa shape index (κ1) is 10.5. The molecule has 0 aliphatic heterocycles. The molecule has 1 aliphatic rings. The molecule has 82 valence electrons. The van der Waals surface area contributed by atoms with E-state index in [0.29, 0.717) is 17.3 Å². The van der Waals surface area contributed by atoms with Gasteiger partial charge in [-0.2, -0.15) is 0 Å². The van der Waals surface area contributed by atoms with Crippen molar-refractivity contribution in [3.8, 4) is 0 Å². The van der Waals surface area contributed by atoms with E-state index in [1.165, 1.54) is 12.6 Å². The zero-order valence-electron chi connectivity index (χ0n) is 8.80. The van der Waals surface area contributed by atoms with Gasteiger partial charge in [0.05, 0.1) is 6.20 Å². The second kappa shape index (κ2) is 3.52. The molecule has 1 unspecified atom stereocenters. The molecule has 0 amide bonds. The van der Waals surface area contributed by atoms with Crippen LogP contribution < -0.4 is 10.9 Å². The van der Waals surface area contributed by atoms with Gasteiger partial charge in [0.2, 0.25) is 5.95 Å². The third-order valence-electron chi connectivity index (χ3n) is 2.99. The second-order valence-corrected chi connectivity index (χ2v) is 5.09. The molecule has 1 saturated carbocycles. The van der Waals surface area contributed by atoms with Crippen LogP contribution in [0.3, 0.4) is 0 Å². The molecule has 0 bridgehead atoms. The van der Waals surface area contributed by atoms with Crippen LogP contribution >= 0.6 is 11.6 Å². The first-order valence-electron chi connectivity index (χ1n) is 4.98. The Hall–Kier alpha value is -1.03. The third kappa shape index (κ3) is 2.31. The SMILES string of the molecule is CC1(C)CC1CNc1ncc(Cl)c(=O)[nH]1. The van der Waals surface area contributed by atoms with Crippen molar-refractivity contribution in [1.82, 2.24) is 9.97 Å². The molecule has 2 rings (SSSR count). The Morgan fingerprint density at radius 2 is 2.40 bits per heavy atom. The van der Waals surface area contributed by atoms with Crippen LogP contribution in [-0.2, 0) is 0 Å². The Morgan fingerprint density at radius 1 is 1.73 bits per heavy atom. The number of hydrogen-bond acceptors (Lipinski definition) is 3. The summed E-state index contributed by atoms with van der Waals surface area (Å²) >= 11 is 5.57. The highest BCUT2D eigenvalue weighted by atomic mass is 35.5. The molecule has 4 nitrogen and oxygen atoms in total. The Kier molecular flexibility index (Phi) is 2.46. The average Bonchev–Trinajstić information content (AvgIpc) is 2.77. The van der Waals surface area contributed by atoms with Crippen LogP contribution in [0.15, 0.2) is 11.0 Å². The summed E-state index contributed by atoms with van der Waals surface area (Å²) < 4.78 is 0. The summed E-state index contributed by atoms with van der Waals surface area (Å²) in [5, 5.41) is 3.22. The van der Waals surface area contributed by atoms with Crippen LogP contribution in [0.2, 0.25) is 5.02 Å². The fraction of sp³-hybridized carbons (Fsp3) is 0.600. The van der Waals surface area contributed by atoms with Gasteiger partial charge in [-0.1, -0.05) is 25.4 Å². The van der Waals surface area contributed by atoms with E-state index >= 15 is 0 Å². The highest BCUT2D eigenvalue weighted by Crippen LogP contribution is 2.51. The van der Waals surface area contributed by atoms with Gasteiger partial charge in [0.15, 0.2) is 0 Å². The molecule has 15 heavy (non-hydrogen) atoms. The number of rotatable bonds is 3. The summed E-state index contributed by atoms with van der Waals surface area (Å²) in [4.78, 5) is 17.7. The van der Waals surface area contributed by atoms with Crippen molar-refractivity contribution < 1.29 is 0 Å². The van der Waals surface area contributed by atoms with Gasteiger partial charge in [0, 0.05) is 6.54 Å². The molecule has 2 N–H and O–H groups in total. The van der Waals surface area contributed by atoms with Crippen molar-refractivity contribution >= 4 is 17.5 Å². The van der Waals surface area contributed by atoms with Gasteiger partial charge in [-0.25, -0.2) is 4.98 Å². The summed E-state index contributed by atoms with van der Waals surface area (Å²) in [5.74, 6) is 1.16.